The van der Waals surface area contributed by atoms with Gasteiger partial charge >= 0.3 is 6.18 Å². The number of carbonyl (C=O) groups excluding carboxylic acids is 2. The Morgan fingerprint density at radius 3 is 1.15 bits per heavy atom. The number of aryl methyl sites for hydroxylation is 9. The van der Waals surface area contributed by atoms with Crippen LogP contribution in [0.4, 0.5) is 119 Å². The monoisotopic (exact) mass is 1880 g/mol. The summed E-state index contributed by atoms with van der Waals surface area (Å²) in [5.41, 5.74) is 18.7. The van der Waals surface area contributed by atoms with Crippen LogP contribution in [0.2, 0.25) is 10.0 Å². The Labute approximate surface area is 784 Å². The Balaban J connectivity index is 0.000000152. The number of aromatic nitrogens is 16. The number of nitrogens with zero attached hydrogens (tertiary/aromatic N) is 15. The highest BCUT2D eigenvalue weighted by atomic mass is 35.5. The first-order valence-corrected chi connectivity index (χ1v) is 45.4. The SMILES string of the molecule is CNC(=O)[C@H](C)N1CCC(c2cc(F)c(Nc3ncc(Cl)c(Nc4cc(C)[nH]n4)n3)cc2C)CC1.Cc1cc(Nc2nc(Nc3cc(C)c(C4CCN(C)CC4)cc3OC(C)C)ncc2C)n[nH]1.Cc1cc(Nc2nc(Nc3cc(C)c(C4CCN([C@H](C)C(N)=O)CC4)cc3F)ncc2Cl)n[nH]1.Cc1cc(Nc2nc(Nc3cc(C)c(C4CCNCC4)cc3F)ncc2C(F)(F)F)n[nH]1. The molecule has 4 saturated heterocycles. The number of piperidine rings is 4. The fourth-order valence-electron chi connectivity index (χ4n) is 16.8. The third kappa shape index (κ3) is 26.0. The van der Waals surface area contributed by atoms with Gasteiger partial charge < -0.3 is 68.5 Å². The van der Waals surface area contributed by atoms with E-state index >= 15 is 8.78 Å². The molecule has 33 nitrogen and oxygen atoms in total. The van der Waals surface area contributed by atoms with Gasteiger partial charge in [-0.3, -0.25) is 39.8 Å². The Hall–Kier alpha value is -12.8. The fraction of sp³-hybridized carbons (Fsp3) is 0.419. The number of likely N-dealkylation sites (tertiary alicyclic amines) is 3. The van der Waals surface area contributed by atoms with Crippen molar-refractivity contribution in [2.45, 2.75) is 189 Å². The smallest absolute Gasteiger partial charge is 0.421 e. The van der Waals surface area contributed by atoms with E-state index in [0.29, 0.717) is 68.6 Å². The van der Waals surface area contributed by atoms with Crippen LogP contribution in [0, 0.1) is 79.8 Å². The predicted molar refractivity (Wildman–Crippen MR) is 511 cm³/mol. The van der Waals surface area contributed by atoms with Gasteiger partial charge in [0.15, 0.2) is 34.9 Å². The number of hydrogen-bond donors (Lipinski definition) is 15. The lowest BCUT2D eigenvalue weighted by atomic mass is 9.86. The number of alkyl halides is 3. The first-order chi connectivity index (χ1) is 63.9. The average Bonchev–Trinajstić information content (AvgIpc) is 1.40. The van der Waals surface area contributed by atoms with E-state index in [1.807, 2.05) is 80.5 Å². The number of likely N-dealkylation sites (N-methyl/N-ethyl adjacent to an activating group) is 1. The molecule has 8 aromatic heterocycles. The van der Waals surface area contributed by atoms with E-state index in [4.69, 9.17) is 38.7 Å². The lowest BCUT2D eigenvalue weighted by Crippen LogP contribution is -2.47. The molecule has 0 bridgehead atoms. The van der Waals surface area contributed by atoms with E-state index in [2.05, 4.69) is 183 Å². The van der Waals surface area contributed by atoms with Crippen molar-refractivity contribution in [2.24, 2.45) is 5.73 Å². The van der Waals surface area contributed by atoms with Gasteiger partial charge in [0.2, 0.25) is 35.6 Å². The van der Waals surface area contributed by atoms with Crippen LogP contribution >= 0.6 is 23.2 Å². The number of anilines is 16. The second-order valence-electron chi connectivity index (χ2n) is 34.7. The average molecular weight is 1890 g/mol. The lowest BCUT2D eigenvalue weighted by Gasteiger charge is -2.35. The molecule has 0 radical (unpaired) electrons. The van der Waals surface area contributed by atoms with Crippen LogP contribution in [0.3, 0.4) is 0 Å². The Kier molecular flexibility index (Phi) is 32.7. The van der Waals surface area contributed by atoms with Gasteiger partial charge in [0.05, 0.1) is 53.3 Å². The first-order valence-electron chi connectivity index (χ1n) is 44.6. The molecule has 4 aromatic carbocycles. The van der Waals surface area contributed by atoms with Crippen molar-refractivity contribution < 1.29 is 40.7 Å². The summed E-state index contributed by atoms with van der Waals surface area (Å²) in [6, 6.07) is 20.9. The molecule has 16 N–H and O–H groups in total. The second-order valence-corrected chi connectivity index (χ2v) is 35.5. The van der Waals surface area contributed by atoms with E-state index in [-0.39, 0.29) is 94.4 Å². The zero-order valence-electron chi connectivity index (χ0n) is 77.6. The maximum Gasteiger partial charge on any atom is 0.421 e. The number of H-pyrrole nitrogens is 4. The molecule has 4 fully saturated rings. The van der Waals surface area contributed by atoms with Crippen LogP contribution in [-0.2, 0) is 15.8 Å². The van der Waals surface area contributed by atoms with Gasteiger partial charge in [0, 0.05) is 72.0 Å². The molecule has 2 atom stereocenters. The molecule has 0 spiro atoms. The van der Waals surface area contributed by atoms with Crippen LogP contribution in [0.25, 0.3) is 0 Å². The Morgan fingerprint density at radius 2 is 0.769 bits per heavy atom. The minimum atomic E-state index is -4.68. The molecule has 712 valence electrons. The summed E-state index contributed by atoms with van der Waals surface area (Å²) < 4.78 is 91.5. The molecule has 16 rings (SSSR count). The Bertz CT molecular complexity index is 6060. The zero-order valence-corrected chi connectivity index (χ0v) is 79.1. The molecule has 41 heteroatoms. The number of hydrogen-bond acceptors (Lipinski definition) is 27. The molecular formula is C93H116Cl2F6N30O3. The molecule has 2 amide bonds. The van der Waals surface area contributed by atoms with Gasteiger partial charge in [0.25, 0.3) is 0 Å². The standard InChI is InChI=1S/C25H35N7O.C24H30ClFN8O.C23H28ClFN8O.C21H23F4N7/c1-15(2)33-22-13-20(19-7-9-32(6)10-8-19)16(3)11-21(22)27-25-26-14-17(4)24(29-25)28-23-12-18(5)30-31-23;1-13-9-20(29-24-28-12-18(25)22(31-24)30-21-10-14(2)32-33-21)19(26)11-17(13)16-5-7-34(8-6-16)15(3)23(35)27-4;1-12-8-19(18(25)10-16(12)15-4-6-33(7-5-15)14(3)21(26)34)28-23-27-11-17(24)22(30-23)29-20-9-13(2)31-32-20;1-11-7-17(16(22)9-14(11)13-3-5-26-6-4-13)28-20-27-10-15(21(23,24)25)19(30-20)29-18-8-12(2)31-32-18/h11-15,19H,7-10H2,1-6H3,(H3,26,27,28,29,30,31);9-12,15-16H,5-8H2,1-4H3,(H,27,35)(H3,28,29,30,31,32,33);8-11,14-15H,4-7H2,1-3H3,(H2,26,34)(H3,27,28,29,30,31,32);7-10,13,26H,3-6H2,1-2H3,(H3,27,28,29,30,31,32)/t;15-;14-;/m.01./s1. The van der Waals surface area contributed by atoms with E-state index in [1.54, 1.807) is 50.5 Å². The van der Waals surface area contributed by atoms with Crippen LogP contribution in [-0.4, -0.2) is 192 Å². The number of benzene rings is 4. The van der Waals surface area contributed by atoms with Gasteiger partial charge in [-0.1, -0.05) is 23.2 Å². The van der Waals surface area contributed by atoms with Crippen molar-refractivity contribution in [3.8, 4) is 5.75 Å². The van der Waals surface area contributed by atoms with Crippen LogP contribution in [0.5, 0.6) is 5.75 Å². The van der Waals surface area contributed by atoms with Gasteiger partial charge in [-0.15, -0.1) is 0 Å². The Morgan fingerprint density at radius 1 is 0.433 bits per heavy atom. The molecule has 134 heavy (non-hydrogen) atoms. The van der Waals surface area contributed by atoms with E-state index in [1.165, 1.54) is 48.5 Å². The third-order valence-corrected chi connectivity index (χ3v) is 24.7. The molecule has 12 aromatic rings. The lowest BCUT2D eigenvalue weighted by molar-refractivity contribution is -0.137. The van der Waals surface area contributed by atoms with E-state index < -0.39 is 23.4 Å². The summed E-state index contributed by atoms with van der Waals surface area (Å²) in [4.78, 5) is 64.0. The fourth-order valence-corrected chi connectivity index (χ4v) is 17.1. The summed E-state index contributed by atoms with van der Waals surface area (Å²) in [6.07, 6.45) is 8.37. The number of aromatic amines is 4. The molecule has 4 aliphatic rings. The largest absolute Gasteiger partial charge is 0.489 e. The van der Waals surface area contributed by atoms with Gasteiger partial charge in [0.1, 0.15) is 50.4 Å². The molecule has 12 heterocycles. The summed E-state index contributed by atoms with van der Waals surface area (Å²) in [5, 5.41) is 58.1. The number of carbonyl (C=O) groups is 2. The molecule has 4 aliphatic heterocycles. The molecular weight excluding hydrogens is 1770 g/mol. The number of halogens is 8. The van der Waals surface area contributed by atoms with E-state index in [9.17, 15) is 27.2 Å². The minimum absolute atomic E-state index is 0.0170. The first kappa shape index (κ1) is 98.7. The van der Waals surface area contributed by atoms with Crippen molar-refractivity contribution >= 4 is 128 Å². The molecule has 0 aliphatic carbocycles. The summed E-state index contributed by atoms with van der Waals surface area (Å²) in [5.74, 6) is 4.31. The van der Waals surface area contributed by atoms with E-state index in [0.717, 1.165) is 164 Å². The number of rotatable bonds is 26. The minimum Gasteiger partial charge on any atom is -0.489 e. The van der Waals surface area contributed by atoms with Crippen LogP contribution in [0.1, 0.15) is 181 Å². The highest BCUT2D eigenvalue weighted by Gasteiger charge is 2.37. The van der Waals surface area contributed by atoms with Crippen LogP contribution in [0.15, 0.2) is 97.6 Å². The highest BCUT2D eigenvalue weighted by Crippen LogP contribution is 2.43. The normalized spacial score (nSPS) is 15.4. The summed E-state index contributed by atoms with van der Waals surface area (Å²) in [6.45, 7) is 32.4. The topological polar surface area (TPSA) is 417 Å². The van der Waals surface area contributed by atoms with Crippen molar-refractivity contribution in [1.82, 2.24) is 106 Å². The number of nitrogens with two attached hydrogens (primary N) is 1. The maximum atomic E-state index is 15.1. The number of primary amides is 1. The van der Waals surface area contributed by atoms with Gasteiger partial charge in [-0.2, -0.15) is 53.5 Å². The third-order valence-electron chi connectivity index (χ3n) is 24.2. The maximum absolute atomic E-state index is 15.1. The number of nitrogens with one attached hydrogen (secondary N) is 14. The number of ether oxygens (including phenoxy) is 1. The van der Waals surface area contributed by atoms with Gasteiger partial charge in [-0.05, 0) is 317 Å². The highest BCUT2D eigenvalue weighted by molar-refractivity contribution is 6.33. The zero-order chi connectivity index (χ0) is 95.9. The molecule has 0 unspecified atom stereocenters. The van der Waals surface area contributed by atoms with Crippen molar-refractivity contribution in [2.75, 3.05) is 109 Å². The van der Waals surface area contributed by atoms with Crippen molar-refractivity contribution in [1.29, 1.82) is 0 Å². The van der Waals surface area contributed by atoms with Crippen molar-refractivity contribution in [3.05, 3.63) is 203 Å². The van der Waals surface area contributed by atoms with Crippen molar-refractivity contribution in [3.63, 3.8) is 0 Å². The van der Waals surface area contributed by atoms with Gasteiger partial charge in [-0.25, -0.2) is 33.1 Å². The summed E-state index contributed by atoms with van der Waals surface area (Å²) in [7, 11) is 3.85. The van der Waals surface area contributed by atoms with Crippen LogP contribution < -0.4 is 63.6 Å². The number of amides is 2. The summed E-state index contributed by atoms with van der Waals surface area (Å²) >= 11 is 12.4. The molecule has 0 saturated carbocycles. The quantitative estimate of drug-likeness (QED) is 0.0224. The predicted octanol–water partition coefficient (Wildman–Crippen LogP) is 18.7. The second kappa shape index (κ2) is 44.4.